The summed E-state index contributed by atoms with van der Waals surface area (Å²) in [6, 6.07) is 3.62. The summed E-state index contributed by atoms with van der Waals surface area (Å²) in [5.41, 5.74) is 0. The standard InChI is InChI=1S/C19H30O3/c1-3-5-6-7-8-9-10-11-12-13-19(20)21-16-18-15-14-17(4-2)22-18/h4,14-15H,2-3,5-13,16H2,1H3. The van der Waals surface area contributed by atoms with Crippen molar-refractivity contribution in [2.24, 2.45) is 0 Å². The highest BCUT2D eigenvalue weighted by molar-refractivity contribution is 5.69. The Morgan fingerprint density at radius 2 is 1.73 bits per heavy atom. The van der Waals surface area contributed by atoms with Crippen LogP contribution in [0.25, 0.3) is 6.08 Å². The quantitative estimate of drug-likeness (QED) is 0.337. The molecule has 0 bridgehead atoms. The van der Waals surface area contributed by atoms with Gasteiger partial charge < -0.3 is 9.15 Å². The molecule has 0 spiro atoms. The molecule has 0 atom stereocenters. The predicted molar refractivity (Wildman–Crippen MR) is 90.4 cm³/mol. The Kier molecular flexibility index (Phi) is 10.2. The second-order valence-electron chi connectivity index (χ2n) is 5.75. The maximum Gasteiger partial charge on any atom is 0.306 e. The Labute approximate surface area is 134 Å². The van der Waals surface area contributed by atoms with Crippen molar-refractivity contribution < 1.29 is 13.9 Å². The van der Waals surface area contributed by atoms with E-state index in [0.29, 0.717) is 17.9 Å². The van der Waals surface area contributed by atoms with Crippen molar-refractivity contribution in [2.75, 3.05) is 0 Å². The summed E-state index contributed by atoms with van der Waals surface area (Å²) >= 11 is 0. The van der Waals surface area contributed by atoms with E-state index in [1.165, 1.54) is 44.9 Å². The van der Waals surface area contributed by atoms with Gasteiger partial charge >= 0.3 is 5.97 Å². The van der Waals surface area contributed by atoms with Crippen molar-refractivity contribution in [1.29, 1.82) is 0 Å². The van der Waals surface area contributed by atoms with E-state index in [2.05, 4.69) is 13.5 Å². The SMILES string of the molecule is C=Cc1ccc(COC(=O)CCCCCCCCCCC)o1. The van der Waals surface area contributed by atoms with Crippen LogP contribution in [-0.2, 0) is 16.1 Å². The Bertz CT molecular complexity index is 420. The lowest BCUT2D eigenvalue weighted by Crippen LogP contribution is -2.03. The molecule has 0 amide bonds. The lowest BCUT2D eigenvalue weighted by molar-refractivity contribution is -0.145. The van der Waals surface area contributed by atoms with Gasteiger partial charge in [-0.05, 0) is 24.6 Å². The van der Waals surface area contributed by atoms with Crippen LogP contribution in [0.5, 0.6) is 0 Å². The van der Waals surface area contributed by atoms with Gasteiger partial charge in [0.15, 0.2) is 0 Å². The average molecular weight is 306 g/mol. The molecule has 3 heteroatoms. The highest BCUT2D eigenvalue weighted by Crippen LogP contribution is 2.12. The molecule has 124 valence electrons. The van der Waals surface area contributed by atoms with Crippen LogP contribution in [0.15, 0.2) is 23.1 Å². The molecule has 0 fully saturated rings. The fourth-order valence-corrected chi connectivity index (χ4v) is 2.39. The Morgan fingerprint density at radius 1 is 1.09 bits per heavy atom. The van der Waals surface area contributed by atoms with Crippen molar-refractivity contribution in [3.8, 4) is 0 Å². The van der Waals surface area contributed by atoms with E-state index in [0.717, 1.165) is 12.8 Å². The van der Waals surface area contributed by atoms with Gasteiger partial charge in [0.25, 0.3) is 0 Å². The van der Waals surface area contributed by atoms with Gasteiger partial charge in [-0.25, -0.2) is 0 Å². The molecule has 0 aromatic carbocycles. The zero-order valence-corrected chi connectivity index (χ0v) is 13.9. The number of carbonyl (C=O) groups is 1. The summed E-state index contributed by atoms with van der Waals surface area (Å²) in [5, 5.41) is 0. The minimum Gasteiger partial charge on any atom is -0.458 e. The summed E-state index contributed by atoms with van der Waals surface area (Å²) in [6.45, 7) is 6.08. The van der Waals surface area contributed by atoms with Crippen molar-refractivity contribution in [2.45, 2.75) is 77.7 Å². The second kappa shape index (κ2) is 12.1. The fourth-order valence-electron chi connectivity index (χ4n) is 2.39. The van der Waals surface area contributed by atoms with Crippen LogP contribution in [0.3, 0.4) is 0 Å². The van der Waals surface area contributed by atoms with Gasteiger partial charge in [0.1, 0.15) is 18.1 Å². The van der Waals surface area contributed by atoms with Crippen LogP contribution in [-0.4, -0.2) is 5.97 Å². The normalized spacial score (nSPS) is 10.6. The molecule has 3 nitrogen and oxygen atoms in total. The Balaban J connectivity index is 1.94. The minimum absolute atomic E-state index is 0.139. The van der Waals surface area contributed by atoms with Crippen LogP contribution < -0.4 is 0 Å². The zero-order valence-electron chi connectivity index (χ0n) is 13.9. The molecule has 1 rings (SSSR count). The van der Waals surface area contributed by atoms with Crippen LogP contribution in [0, 0.1) is 0 Å². The number of esters is 1. The van der Waals surface area contributed by atoms with Crippen molar-refractivity contribution in [3.63, 3.8) is 0 Å². The maximum atomic E-state index is 11.6. The first kappa shape index (κ1) is 18.5. The van der Waals surface area contributed by atoms with E-state index in [1.54, 1.807) is 6.08 Å². The van der Waals surface area contributed by atoms with Crippen LogP contribution in [0.4, 0.5) is 0 Å². The Hall–Kier alpha value is -1.51. The molecule has 1 heterocycles. The number of ether oxygens (including phenoxy) is 1. The molecule has 0 aliphatic rings. The molecule has 0 aliphatic carbocycles. The molecular weight excluding hydrogens is 276 g/mol. The molecule has 0 N–H and O–H groups in total. The topological polar surface area (TPSA) is 39.4 Å². The molecule has 0 unspecified atom stereocenters. The molecule has 1 aromatic heterocycles. The number of rotatable bonds is 13. The molecule has 0 aliphatic heterocycles. The van der Waals surface area contributed by atoms with Gasteiger partial charge in [-0.1, -0.05) is 64.9 Å². The van der Waals surface area contributed by atoms with Gasteiger partial charge in [-0.3, -0.25) is 4.79 Å². The van der Waals surface area contributed by atoms with Gasteiger partial charge in [0.05, 0.1) is 0 Å². The number of unbranched alkanes of at least 4 members (excludes halogenated alkanes) is 8. The van der Waals surface area contributed by atoms with Gasteiger partial charge in [-0.2, -0.15) is 0 Å². The monoisotopic (exact) mass is 306 g/mol. The van der Waals surface area contributed by atoms with Crippen LogP contribution in [0.2, 0.25) is 0 Å². The van der Waals surface area contributed by atoms with Gasteiger partial charge in [-0.15, -0.1) is 0 Å². The molecular formula is C19H30O3. The fraction of sp³-hybridized carbons (Fsp3) is 0.632. The van der Waals surface area contributed by atoms with Gasteiger partial charge in [0, 0.05) is 6.42 Å². The lowest BCUT2D eigenvalue weighted by atomic mass is 10.1. The summed E-state index contributed by atoms with van der Waals surface area (Å²) in [4.78, 5) is 11.6. The zero-order chi connectivity index (χ0) is 16.0. The van der Waals surface area contributed by atoms with E-state index in [-0.39, 0.29) is 12.6 Å². The average Bonchev–Trinajstić information content (AvgIpc) is 2.99. The third kappa shape index (κ3) is 8.71. The first-order valence-corrected chi connectivity index (χ1v) is 8.63. The number of carbonyl (C=O) groups excluding carboxylic acids is 1. The largest absolute Gasteiger partial charge is 0.458 e. The summed E-state index contributed by atoms with van der Waals surface area (Å²) in [5.74, 6) is 1.22. The van der Waals surface area contributed by atoms with E-state index >= 15 is 0 Å². The minimum atomic E-state index is -0.139. The van der Waals surface area contributed by atoms with E-state index < -0.39 is 0 Å². The third-order valence-corrected chi connectivity index (χ3v) is 3.74. The molecule has 22 heavy (non-hydrogen) atoms. The highest BCUT2D eigenvalue weighted by Gasteiger charge is 2.05. The number of furan rings is 1. The van der Waals surface area contributed by atoms with Crippen LogP contribution >= 0.6 is 0 Å². The summed E-state index contributed by atoms with van der Waals surface area (Å²) in [7, 11) is 0. The first-order chi connectivity index (χ1) is 10.8. The number of hydrogen-bond acceptors (Lipinski definition) is 3. The Morgan fingerprint density at radius 3 is 2.32 bits per heavy atom. The first-order valence-electron chi connectivity index (χ1n) is 8.63. The van der Waals surface area contributed by atoms with Crippen molar-refractivity contribution in [1.82, 2.24) is 0 Å². The van der Waals surface area contributed by atoms with Crippen molar-refractivity contribution in [3.05, 3.63) is 30.2 Å². The maximum absolute atomic E-state index is 11.6. The number of hydrogen-bond donors (Lipinski definition) is 0. The summed E-state index contributed by atoms with van der Waals surface area (Å²) < 4.78 is 10.6. The highest BCUT2D eigenvalue weighted by atomic mass is 16.5. The smallest absolute Gasteiger partial charge is 0.306 e. The van der Waals surface area contributed by atoms with Crippen molar-refractivity contribution >= 4 is 12.0 Å². The molecule has 0 saturated heterocycles. The second-order valence-corrected chi connectivity index (χ2v) is 5.75. The summed E-state index contributed by atoms with van der Waals surface area (Å²) in [6.07, 6.45) is 13.4. The predicted octanol–water partition coefficient (Wildman–Crippen LogP) is 5.89. The van der Waals surface area contributed by atoms with E-state index in [4.69, 9.17) is 9.15 Å². The van der Waals surface area contributed by atoms with E-state index in [9.17, 15) is 4.79 Å². The van der Waals surface area contributed by atoms with E-state index in [1.807, 2.05) is 12.1 Å². The van der Waals surface area contributed by atoms with Gasteiger partial charge in [0.2, 0.25) is 0 Å². The lowest BCUT2D eigenvalue weighted by Gasteiger charge is -2.03. The van der Waals surface area contributed by atoms with Crippen LogP contribution in [0.1, 0.15) is 82.7 Å². The molecule has 1 aromatic rings. The third-order valence-electron chi connectivity index (χ3n) is 3.74. The molecule has 0 radical (unpaired) electrons. The molecule has 0 saturated carbocycles.